The first-order chi connectivity index (χ1) is 15.1. The number of nitrogens with one attached hydrogen (secondary N) is 1. The summed E-state index contributed by atoms with van der Waals surface area (Å²) in [5, 5.41) is 13.5. The monoisotopic (exact) mass is 410 g/mol. The summed E-state index contributed by atoms with van der Waals surface area (Å²) in [7, 11) is 1.59. The summed E-state index contributed by atoms with van der Waals surface area (Å²) in [6.07, 6.45) is 5.58. The number of hydrogen-bond acceptors (Lipinski definition) is 5. The lowest BCUT2D eigenvalue weighted by Crippen LogP contribution is -2.25. The summed E-state index contributed by atoms with van der Waals surface area (Å²) < 4.78 is 5.41. The highest BCUT2D eigenvalue weighted by molar-refractivity contribution is 5.99. The van der Waals surface area contributed by atoms with Crippen LogP contribution in [0.15, 0.2) is 60.9 Å². The average molecular weight is 410 g/mol. The SMILES string of the molecule is COc1ncccc1-c1nncc2cc(-c3cc(C(=O)NC4CC4)ccc3C)ccc12. The van der Waals surface area contributed by atoms with E-state index in [1.54, 1.807) is 19.5 Å². The van der Waals surface area contributed by atoms with E-state index in [2.05, 4.69) is 39.6 Å². The lowest BCUT2D eigenvalue weighted by atomic mass is 9.95. The van der Waals surface area contributed by atoms with Crippen LogP contribution in [0, 0.1) is 6.92 Å². The summed E-state index contributed by atoms with van der Waals surface area (Å²) in [5.41, 5.74) is 5.37. The van der Waals surface area contributed by atoms with Gasteiger partial charge in [-0.05, 0) is 66.8 Å². The second kappa shape index (κ2) is 7.80. The van der Waals surface area contributed by atoms with E-state index in [1.807, 2.05) is 36.4 Å². The van der Waals surface area contributed by atoms with Crippen molar-refractivity contribution in [1.29, 1.82) is 0 Å². The maximum absolute atomic E-state index is 12.5. The first-order valence-electron chi connectivity index (χ1n) is 10.3. The van der Waals surface area contributed by atoms with Crippen LogP contribution in [0.25, 0.3) is 33.2 Å². The Hall–Kier alpha value is -3.80. The normalized spacial score (nSPS) is 13.2. The van der Waals surface area contributed by atoms with Crippen LogP contribution in [0.4, 0.5) is 0 Å². The minimum Gasteiger partial charge on any atom is -0.481 e. The molecule has 6 nitrogen and oxygen atoms in total. The Balaban J connectivity index is 1.57. The van der Waals surface area contributed by atoms with E-state index in [-0.39, 0.29) is 5.91 Å². The zero-order valence-corrected chi connectivity index (χ0v) is 17.4. The van der Waals surface area contributed by atoms with Crippen molar-refractivity contribution in [1.82, 2.24) is 20.5 Å². The largest absolute Gasteiger partial charge is 0.481 e. The zero-order valence-electron chi connectivity index (χ0n) is 17.4. The Labute approximate surface area is 180 Å². The van der Waals surface area contributed by atoms with E-state index in [9.17, 15) is 4.79 Å². The Kier molecular flexibility index (Phi) is 4.82. The maximum atomic E-state index is 12.5. The van der Waals surface area contributed by atoms with Crippen LogP contribution in [0.3, 0.4) is 0 Å². The van der Waals surface area contributed by atoms with Gasteiger partial charge in [0.05, 0.1) is 18.9 Å². The Morgan fingerprint density at radius 3 is 2.77 bits per heavy atom. The van der Waals surface area contributed by atoms with Crippen LogP contribution >= 0.6 is 0 Å². The Bertz CT molecular complexity index is 1300. The molecule has 1 fully saturated rings. The fraction of sp³-hybridized carbons (Fsp3) is 0.200. The number of aryl methyl sites for hydroxylation is 1. The summed E-state index contributed by atoms with van der Waals surface area (Å²) in [6.45, 7) is 2.05. The predicted molar refractivity (Wildman–Crippen MR) is 120 cm³/mol. The molecular weight excluding hydrogens is 388 g/mol. The molecule has 5 rings (SSSR count). The van der Waals surface area contributed by atoms with Crippen LogP contribution in [-0.4, -0.2) is 34.2 Å². The smallest absolute Gasteiger partial charge is 0.251 e. The molecule has 2 aromatic heterocycles. The van der Waals surface area contributed by atoms with Gasteiger partial charge in [-0.25, -0.2) is 4.98 Å². The summed E-state index contributed by atoms with van der Waals surface area (Å²) in [6, 6.07) is 16.1. The van der Waals surface area contributed by atoms with Gasteiger partial charge in [-0.3, -0.25) is 4.79 Å². The van der Waals surface area contributed by atoms with Crippen molar-refractivity contribution < 1.29 is 9.53 Å². The average Bonchev–Trinajstić information content (AvgIpc) is 3.62. The molecular formula is C25H22N4O2. The van der Waals surface area contributed by atoms with E-state index in [0.717, 1.165) is 51.6 Å². The van der Waals surface area contributed by atoms with Crippen molar-refractivity contribution in [3.63, 3.8) is 0 Å². The van der Waals surface area contributed by atoms with Crippen molar-refractivity contribution in [2.45, 2.75) is 25.8 Å². The van der Waals surface area contributed by atoms with Gasteiger partial charge in [0.25, 0.3) is 5.91 Å². The quantitative estimate of drug-likeness (QED) is 0.522. The molecule has 1 aliphatic carbocycles. The molecule has 154 valence electrons. The molecule has 1 N–H and O–H groups in total. The van der Waals surface area contributed by atoms with Crippen molar-refractivity contribution >= 4 is 16.7 Å². The fourth-order valence-electron chi connectivity index (χ4n) is 3.76. The van der Waals surface area contributed by atoms with E-state index < -0.39 is 0 Å². The molecule has 1 saturated carbocycles. The number of rotatable bonds is 5. The first kappa shape index (κ1) is 19.2. The summed E-state index contributed by atoms with van der Waals surface area (Å²) in [5.74, 6) is 0.500. The predicted octanol–water partition coefficient (Wildman–Crippen LogP) is 4.57. The number of aromatic nitrogens is 3. The van der Waals surface area contributed by atoms with Crippen molar-refractivity contribution in [3.05, 3.63) is 72.1 Å². The number of benzene rings is 2. The van der Waals surface area contributed by atoms with Crippen molar-refractivity contribution in [2.24, 2.45) is 0 Å². The summed E-state index contributed by atoms with van der Waals surface area (Å²) in [4.78, 5) is 16.8. The van der Waals surface area contributed by atoms with Gasteiger partial charge in [-0.15, -0.1) is 5.10 Å². The number of ether oxygens (including phenoxy) is 1. The second-order valence-corrected chi connectivity index (χ2v) is 7.83. The van der Waals surface area contributed by atoms with Gasteiger partial charge >= 0.3 is 0 Å². The van der Waals surface area contributed by atoms with Crippen molar-refractivity contribution in [2.75, 3.05) is 7.11 Å². The standard InChI is InChI=1S/C25H22N4O2/c1-15-5-6-17(24(30)28-19-8-9-19)13-22(15)16-7-10-20-18(12-16)14-27-29-23(20)21-4-3-11-26-25(21)31-2/h3-7,10-14,19H,8-9H2,1-2H3,(H,28,30). The molecule has 0 aliphatic heterocycles. The molecule has 2 heterocycles. The number of carbonyl (C=O) groups is 1. The van der Waals surface area contributed by atoms with E-state index in [4.69, 9.17) is 4.74 Å². The molecule has 1 amide bonds. The highest BCUT2D eigenvalue weighted by Gasteiger charge is 2.24. The number of hydrogen-bond donors (Lipinski definition) is 1. The minimum absolute atomic E-state index is 0.0126. The highest BCUT2D eigenvalue weighted by atomic mass is 16.5. The third-order valence-electron chi connectivity index (χ3n) is 5.60. The van der Waals surface area contributed by atoms with Crippen LogP contribution < -0.4 is 10.1 Å². The number of pyridine rings is 1. The van der Waals surface area contributed by atoms with Gasteiger partial charge in [0, 0.05) is 28.6 Å². The molecule has 0 unspecified atom stereocenters. The number of nitrogens with zero attached hydrogens (tertiary/aromatic N) is 3. The molecule has 2 aromatic carbocycles. The van der Waals surface area contributed by atoms with E-state index >= 15 is 0 Å². The third-order valence-corrected chi connectivity index (χ3v) is 5.60. The molecule has 0 atom stereocenters. The van der Waals surface area contributed by atoms with E-state index in [1.165, 1.54) is 0 Å². The molecule has 6 heteroatoms. The molecule has 0 bridgehead atoms. The number of fused-ring (bicyclic) bond motifs is 1. The van der Waals surface area contributed by atoms with Gasteiger partial charge in [0.2, 0.25) is 5.88 Å². The van der Waals surface area contributed by atoms with Crippen LogP contribution in [0.5, 0.6) is 5.88 Å². The fourth-order valence-corrected chi connectivity index (χ4v) is 3.76. The van der Waals surface area contributed by atoms with Gasteiger partial charge in [0.15, 0.2) is 0 Å². The Morgan fingerprint density at radius 1 is 1.10 bits per heavy atom. The Morgan fingerprint density at radius 2 is 1.97 bits per heavy atom. The molecule has 0 spiro atoms. The first-order valence-corrected chi connectivity index (χ1v) is 10.3. The topological polar surface area (TPSA) is 77.0 Å². The van der Waals surface area contributed by atoms with E-state index in [0.29, 0.717) is 17.5 Å². The lowest BCUT2D eigenvalue weighted by Gasteiger charge is -2.12. The minimum atomic E-state index is -0.0126. The van der Waals surface area contributed by atoms with Crippen LogP contribution in [0.1, 0.15) is 28.8 Å². The second-order valence-electron chi connectivity index (χ2n) is 7.83. The van der Waals surface area contributed by atoms with Gasteiger partial charge in [0.1, 0.15) is 5.69 Å². The highest BCUT2D eigenvalue weighted by Crippen LogP contribution is 2.34. The molecule has 0 radical (unpaired) electrons. The lowest BCUT2D eigenvalue weighted by molar-refractivity contribution is 0.0951. The molecule has 31 heavy (non-hydrogen) atoms. The number of methoxy groups -OCH3 is 1. The molecule has 4 aromatic rings. The van der Waals surface area contributed by atoms with Crippen molar-refractivity contribution in [3.8, 4) is 28.3 Å². The zero-order chi connectivity index (χ0) is 21.4. The molecule has 0 saturated heterocycles. The van der Waals surface area contributed by atoms with Gasteiger partial charge in [-0.2, -0.15) is 5.10 Å². The molecule has 1 aliphatic rings. The number of carbonyl (C=O) groups excluding carboxylic acids is 1. The van der Waals surface area contributed by atoms with Gasteiger partial charge in [-0.1, -0.05) is 18.2 Å². The van der Waals surface area contributed by atoms with Crippen LogP contribution in [-0.2, 0) is 0 Å². The number of amides is 1. The van der Waals surface area contributed by atoms with Gasteiger partial charge < -0.3 is 10.1 Å². The third kappa shape index (κ3) is 3.72. The maximum Gasteiger partial charge on any atom is 0.251 e. The summed E-state index contributed by atoms with van der Waals surface area (Å²) >= 11 is 0. The van der Waals surface area contributed by atoms with Crippen LogP contribution in [0.2, 0.25) is 0 Å².